The maximum atomic E-state index is 12.5. The van der Waals surface area contributed by atoms with Crippen LogP contribution >= 0.6 is 11.3 Å². The molecule has 1 unspecified atom stereocenters. The predicted molar refractivity (Wildman–Crippen MR) is 94.1 cm³/mol. The summed E-state index contributed by atoms with van der Waals surface area (Å²) in [5.41, 5.74) is 4.70. The summed E-state index contributed by atoms with van der Waals surface area (Å²) in [6.07, 6.45) is 3.06. The third-order valence-electron chi connectivity index (χ3n) is 4.62. The van der Waals surface area contributed by atoms with Gasteiger partial charge in [-0.25, -0.2) is 0 Å². The summed E-state index contributed by atoms with van der Waals surface area (Å²) in [4.78, 5) is 13.8. The van der Waals surface area contributed by atoms with Crippen LogP contribution in [0.2, 0.25) is 0 Å². The van der Waals surface area contributed by atoms with Gasteiger partial charge in [0, 0.05) is 10.4 Å². The SMILES string of the molecule is Cc1ccc(C(=O)Nc2sc3c(c2C#N)CCC(C)C3)cc1C. The van der Waals surface area contributed by atoms with Crippen molar-refractivity contribution >= 4 is 22.2 Å². The van der Waals surface area contributed by atoms with E-state index in [0.717, 1.165) is 30.4 Å². The fourth-order valence-electron chi connectivity index (χ4n) is 3.02. The molecule has 1 atom stereocenters. The number of fused-ring (bicyclic) bond motifs is 1. The minimum Gasteiger partial charge on any atom is -0.312 e. The van der Waals surface area contributed by atoms with E-state index in [4.69, 9.17) is 0 Å². The van der Waals surface area contributed by atoms with E-state index >= 15 is 0 Å². The third kappa shape index (κ3) is 3.02. The molecule has 1 heterocycles. The van der Waals surface area contributed by atoms with E-state index in [9.17, 15) is 10.1 Å². The van der Waals surface area contributed by atoms with Crippen LogP contribution in [0.3, 0.4) is 0 Å². The molecule has 23 heavy (non-hydrogen) atoms. The molecule has 0 bridgehead atoms. The van der Waals surface area contributed by atoms with Gasteiger partial charge in [-0.1, -0.05) is 13.0 Å². The molecule has 118 valence electrons. The Hall–Kier alpha value is -2.12. The Morgan fingerprint density at radius 2 is 2.13 bits per heavy atom. The fourth-order valence-corrected chi connectivity index (χ4v) is 4.37. The summed E-state index contributed by atoms with van der Waals surface area (Å²) in [6, 6.07) is 7.97. The number of carbonyl (C=O) groups is 1. The van der Waals surface area contributed by atoms with Crippen LogP contribution in [-0.4, -0.2) is 5.91 Å². The topological polar surface area (TPSA) is 52.9 Å². The summed E-state index contributed by atoms with van der Waals surface area (Å²) in [6.45, 7) is 6.26. The third-order valence-corrected chi connectivity index (χ3v) is 5.79. The number of benzene rings is 1. The molecule has 4 heteroatoms. The maximum absolute atomic E-state index is 12.5. The molecule has 1 N–H and O–H groups in total. The predicted octanol–water partition coefficient (Wildman–Crippen LogP) is 4.61. The lowest BCUT2D eigenvalue weighted by molar-refractivity contribution is 0.102. The highest BCUT2D eigenvalue weighted by atomic mass is 32.1. The molecule has 0 aliphatic heterocycles. The molecule has 1 aromatic carbocycles. The van der Waals surface area contributed by atoms with Gasteiger partial charge in [0.15, 0.2) is 0 Å². The fraction of sp³-hybridized carbons (Fsp3) is 0.368. The van der Waals surface area contributed by atoms with Crippen LogP contribution < -0.4 is 5.32 Å². The number of aryl methyl sites for hydroxylation is 2. The molecule has 0 saturated carbocycles. The van der Waals surface area contributed by atoms with E-state index in [0.29, 0.717) is 22.0 Å². The molecule has 0 saturated heterocycles. The molecular formula is C19H20N2OS. The van der Waals surface area contributed by atoms with Crippen LogP contribution in [0, 0.1) is 31.1 Å². The average molecular weight is 324 g/mol. The van der Waals surface area contributed by atoms with Crippen molar-refractivity contribution in [2.45, 2.75) is 40.0 Å². The Kier molecular flexibility index (Phi) is 4.23. The Labute approximate surface area is 141 Å². The summed E-state index contributed by atoms with van der Waals surface area (Å²) < 4.78 is 0. The zero-order chi connectivity index (χ0) is 16.6. The number of nitrogens with one attached hydrogen (secondary N) is 1. The Balaban J connectivity index is 1.89. The number of anilines is 1. The average Bonchev–Trinajstić information content (AvgIpc) is 2.85. The van der Waals surface area contributed by atoms with E-state index in [1.54, 1.807) is 11.3 Å². The summed E-state index contributed by atoms with van der Waals surface area (Å²) in [7, 11) is 0. The summed E-state index contributed by atoms with van der Waals surface area (Å²) >= 11 is 1.57. The van der Waals surface area contributed by atoms with Gasteiger partial charge in [0.25, 0.3) is 5.91 Å². The molecule has 0 radical (unpaired) electrons. The molecule has 3 nitrogen and oxygen atoms in total. The molecule has 1 aliphatic rings. The van der Waals surface area contributed by atoms with Crippen molar-refractivity contribution in [2.24, 2.45) is 5.92 Å². The largest absolute Gasteiger partial charge is 0.312 e. The highest BCUT2D eigenvalue weighted by Crippen LogP contribution is 2.39. The number of amides is 1. The van der Waals surface area contributed by atoms with Gasteiger partial charge in [-0.2, -0.15) is 5.26 Å². The van der Waals surface area contributed by atoms with Gasteiger partial charge in [-0.3, -0.25) is 4.79 Å². The number of rotatable bonds is 2. The first kappa shape index (κ1) is 15.8. The van der Waals surface area contributed by atoms with Gasteiger partial charge < -0.3 is 5.32 Å². The smallest absolute Gasteiger partial charge is 0.256 e. The zero-order valence-electron chi connectivity index (χ0n) is 13.7. The molecule has 1 aromatic heterocycles. The second-order valence-corrected chi connectivity index (χ2v) is 7.53. The van der Waals surface area contributed by atoms with Crippen molar-refractivity contribution in [3.05, 3.63) is 50.9 Å². The maximum Gasteiger partial charge on any atom is 0.256 e. The van der Waals surface area contributed by atoms with E-state index in [1.165, 1.54) is 10.4 Å². The van der Waals surface area contributed by atoms with E-state index in [2.05, 4.69) is 18.3 Å². The van der Waals surface area contributed by atoms with Crippen LogP contribution in [0.1, 0.15) is 50.8 Å². The number of hydrogen-bond acceptors (Lipinski definition) is 3. The Morgan fingerprint density at radius 3 is 2.83 bits per heavy atom. The lowest BCUT2D eigenvalue weighted by Gasteiger charge is -2.17. The number of hydrogen-bond donors (Lipinski definition) is 1. The Morgan fingerprint density at radius 1 is 1.35 bits per heavy atom. The van der Waals surface area contributed by atoms with Crippen molar-refractivity contribution in [1.29, 1.82) is 5.26 Å². The molecule has 1 amide bonds. The van der Waals surface area contributed by atoms with Crippen molar-refractivity contribution in [2.75, 3.05) is 5.32 Å². The van der Waals surface area contributed by atoms with Gasteiger partial charge in [-0.15, -0.1) is 11.3 Å². The Bertz CT molecular complexity index is 814. The van der Waals surface area contributed by atoms with Gasteiger partial charge in [0.05, 0.1) is 5.56 Å². The number of nitriles is 1. The van der Waals surface area contributed by atoms with Gasteiger partial charge >= 0.3 is 0 Å². The molecule has 0 fully saturated rings. The zero-order valence-corrected chi connectivity index (χ0v) is 14.5. The molecule has 2 aromatic rings. The van der Waals surface area contributed by atoms with Crippen LogP contribution in [0.4, 0.5) is 5.00 Å². The minimum absolute atomic E-state index is 0.142. The van der Waals surface area contributed by atoms with Crippen molar-refractivity contribution in [3.8, 4) is 6.07 Å². The second-order valence-electron chi connectivity index (χ2n) is 6.42. The second kappa shape index (κ2) is 6.17. The van der Waals surface area contributed by atoms with E-state index in [1.807, 2.05) is 32.0 Å². The first-order valence-corrected chi connectivity index (χ1v) is 8.74. The van der Waals surface area contributed by atoms with Gasteiger partial charge in [-0.05, 0) is 67.9 Å². The highest BCUT2D eigenvalue weighted by Gasteiger charge is 2.24. The highest BCUT2D eigenvalue weighted by molar-refractivity contribution is 7.16. The lowest BCUT2D eigenvalue weighted by Crippen LogP contribution is -2.12. The van der Waals surface area contributed by atoms with E-state index in [-0.39, 0.29) is 5.91 Å². The molecule has 1 aliphatic carbocycles. The quantitative estimate of drug-likeness (QED) is 0.876. The summed E-state index contributed by atoms with van der Waals surface area (Å²) in [5, 5.41) is 13.2. The normalized spacial score (nSPS) is 16.5. The summed E-state index contributed by atoms with van der Waals surface area (Å²) in [5.74, 6) is 0.507. The van der Waals surface area contributed by atoms with Crippen LogP contribution in [0.5, 0.6) is 0 Å². The lowest BCUT2D eigenvalue weighted by atomic mass is 9.88. The number of nitrogens with zero attached hydrogens (tertiary/aromatic N) is 1. The van der Waals surface area contributed by atoms with Crippen LogP contribution in [0.15, 0.2) is 18.2 Å². The monoisotopic (exact) mass is 324 g/mol. The first-order valence-electron chi connectivity index (χ1n) is 7.92. The van der Waals surface area contributed by atoms with Crippen LogP contribution in [0.25, 0.3) is 0 Å². The molecule has 0 spiro atoms. The van der Waals surface area contributed by atoms with Crippen molar-refractivity contribution in [3.63, 3.8) is 0 Å². The standard InChI is InChI=1S/C19H20N2OS/c1-11-4-7-15-16(10-20)19(23-17(15)8-11)21-18(22)14-6-5-12(2)13(3)9-14/h5-6,9,11H,4,7-8H2,1-3H3,(H,21,22). The first-order chi connectivity index (χ1) is 11.0. The van der Waals surface area contributed by atoms with Crippen molar-refractivity contribution in [1.82, 2.24) is 0 Å². The minimum atomic E-state index is -0.142. The van der Waals surface area contributed by atoms with Gasteiger partial charge in [0.1, 0.15) is 11.1 Å². The number of thiophene rings is 1. The van der Waals surface area contributed by atoms with Crippen LogP contribution in [-0.2, 0) is 12.8 Å². The molecule has 3 rings (SSSR count). The van der Waals surface area contributed by atoms with Gasteiger partial charge in [0.2, 0.25) is 0 Å². The van der Waals surface area contributed by atoms with Crippen molar-refractivity contribution < 1.29 is 4.79 Å². The van der Waals surface area contributed by atoms with E-state index < -0.39 is 0 Å². The number of carbonyl (C=O) groups excluding carboxylic acids is 1. The molecular weight excluding hydrogens is 304 g/mol.